The molecule has 0 saturated carbocycles. The van der Waals surface area contributed by atoms with Crippen molar-refractivity contribution < 1.29 is 0 Å². The minimum absolute atomic E-state index is 0.639. The number of aromatic nitrogens is 2. The van der Waals surface area contributed by atoms with Crippen LogP contribution in [0.3, 0.4) is 0 Å². The van der Waals surface area contributed by atoms with Crippen molar-refractivity contribution in [3.8, 4) is 55.9 Å². The minimum Gasteiger partial charge on any atom is -0.309 e. The number of hydrogen-bond donors (Lipinski definition) is 0. The van der Waals surface area contributed by atoms with E-state index in [9.17, 15) is 0 Å². The van der Waals surface area contributed by atoms with Crippen molar-refractivity contribution in [2.45, 2.75) is 5.41 Å². The van der Waals surface area contributed by atoms with Crippen LogP contribution in [-0.4, -0.2) is 9.13 Å². The van der Waals surface area contributed by atoms with E-state index in [0.29, 0.717) is 0 Å². The maximum atomic E-state index is 2.53. The summed E-state index contributed by atoms with van der Waals surface area (Å²) < 4.78 is 4.94. The molecule has 63 heavy (non-hydrogen) atoms. The third-order valence-electron chi connectivity index (χ3n) is 14.2. The van der Waals surface area contributed by atoms with Gasteiger partial charge in [0.1, 0.15) is 0 Å². The van der Waals surface area contributed by atoms with E-state index in [2.05, 4.69) is 240 Å². The number of fused-ring (bicyclic) bond motifs is 21. The molecule has 292 valence electrons. The highest BCUT2D eigenvalue weighted by Gasteiger charge is 2.50. The summed E-state index contributed by atoms with van der Waals surface area (Å²) in [5, 5.41) is 5.03. The standard InChI is InChI=1S/C61H38N2/c1-3-19-43-41(17-1)42-18-2-4-20-44(42)46-22-6-12-28-53(46)61(52-27-11-5-21-45(43)52)54-29-13-7-26-51(54)59-55(61)38-37-50-49-25-10-16-32-58(49)63(60(50)59)40-35-33-39(34-36-40)62-56-30-14-8-23-47(56)48-24-9-15-31-57(48)62/h1-38H. The van der Waals surface area contributed by atoms with Crippen LogP contribution in [0.1, 0.15) is 22.3 Å². The maximum Gasteiger partial charge on any atom is 0.0726 e. The van der Waals surface area contributed by atoms with Crippen LogP contribution in [0.2, 0.25) is 0 Å². The molecule has 2 aromatic heterocycles. The lowest BCUT2D eigenvalue weighted by Gasteiger charge is -2.36. The van der Waals surface area contributed by atoms with Gasteiger partial charge in [0.15, 0.2) is 0 Å². The topological polar surface area (TPSA) is 9.86 Å². The highest BCUT2D eigenvalue weighted by Crippen LogP contribution is 2.62. The molecule has 2 heteroatoms. The Hall–Kier alpha value is -8.20. The second kappa shape index (κ2) is 12.9. The normalized spacial score (nSPS) is 13.2. The molecule has 2 aliphatic carbocycles. The molecule has 10 aromatic carbocycles. The molecule has 0 fully saturated rings. The summed E-state index contributed by atoms with van der Waals surface area (Å²) in [5.74, 6) is 0. The van der Waals surface area contributed by atoms with Gasteiger partial charge in [-0.25, -0.2) is 0 Å². The van der Waals surface area contributed by atoms with Crippen molar-refractivity contribution in [2.24, 2.45) is 0 Å². The zero-order chi connectivity index (χ0) is 41.2. The van der Waals surface area contributed by atoms with Crippen molar-refractivity contribution in [2.75, 3.05) is 0 Å². The van der Waals surface area contributed by atoms with Crippen molar-refractivity contribution in [1.29, 1.82) is 0 Å². The van der Waals surface area contributed by atoms with Crippen LogP contribution in [0.4, 0.5) is 0 Å². The van der Waals surface area contributed by atoms with E-state index < -0.39 is 5.41 Å². The van der Waals surface area contributed by atoms with Gasteiger partial charge in [-0.15, -0.1) is 0 Å². The van der Waals surface area contributed by atoms with Crippen molar-refractivity contribution in [1.82, 2.24) is 9.13 Å². The predicted molar refractivity (Wildman–Crippen MR) is 262 cm³/mol. The Labute approximate surface area is 365 Å². The fraction of sp³-hybridized carbons (Fsp3) is 0.0164. The van der Waals surface area contributed by atoms with E-state index >= 15 is 0 Å². The molecular weight excluding hydrogens is 761 g/mol. The molecule has 0 bridgehead atoms. The van der Waals surface area contributed by atoms with Crippen LogP contribution < -0.4 is 0 Å². The zero-order valence-corrected chi connectivity index (χ0v) is 34.3. The second-order valence-corrected chi connectivity index (χ2v) is 17.1. The first-order valence-electron chi connectivity index (χ1n) is 21.9. The fourth-order valence-electron chi connectivity index (χ4n) is 11.8. The summed E-state index contributed by atoms with van der Waals surface area (Å²) in [6, 6.07) is 86.2. The summed E-state index contributed by atoms with van der Waals surface area (Å²) in [7, 11) is 0. The van der Waals surface area contributed by atoms with E-state index in [1.54, 1.807) is 0 Å². The maximum absolute atomic E-state index is 2.53. The molecule has 0 aliphatic heterocycles. The average Bonchev–Trinajstić information content (AvgIpc) is 3.99. The third-order valence-corrected chi connectivity index (χ3v) is 14.2. The van der Waals surface area contributed by atoms with Gasteiger partial charge in [-0.1, -0.05) is 188 Å². The third kappa shape index (κ3) is 4.52. The predicted octanol–water partition coefficient (Wildman–Crippen LogP) is 15.6. The molecule has 2 heterocycles. The van der Waals surface area contributed by atoms with Crippen LogP contribution in [-0.2, 0) is 5.41 Å². The van der Waals surface area contributed by atoms with Gasteiger partial charge in [-0.3, -0.25) is 0 Å². The Morgan fingerprint density at radius 3 is 1.10 bits per heavy atom. The highest BCUT2D eigenvalue weighted by molar-refractivity contribution is 6.17. The quantitative estimate of drug-likeness (QED) is 0.165. The Morgan fingerprint density at radius 1 is 0.238 bits per heavy atom. The van der Waals surface area contributed by atoms with Crippen LogP contribution in [0.5, 0.6) is 0 Å². The minimum atomic E-state index is -0.639. The molecule has 14 rings (SSSR count). The van der Waals surface area contributed by atoms with Gasteiger partial charge in [-0.2, -0.15) is 0 Å². The molecule has 0 saturated heterocycles. The molecule has 0 amide bonds. The molecule has 1 spiro atoms. The number of hydrogen-bond acceptors (Lipinski definition) is 0. The van der Waals surface area contributed by atoms with Crippen LogP contribution in [0.15, 0.2) is 231 Å². The molecule has 0 unspecified atom stereocenters. The number of benzene rings is 10. The second-order valence-electron chi connectivity index (χ2n) is 17.1. The van der Waals surface area contributed by atoms with Gasteiger partial charge in [0, 0.05) is 38.5 Å². The monoisotopic (exact) mass is 798 g/mol. The van der Waals surface area contributed by atoms with E-state index in [1.807, 2.05) is 0 Å². The van der Waals surface area contributed by atoms with E-state index in [0.717, 1.165) is 11.4 Å². The lowest BCUT2D eigenvalue weighted by atomic mass is 9.64. The molecule has 0 N–H and O–H groups in total. The zero-order valence-electron chi connectivity index (χ0n) is 34.3. The molecule has 0 radical (unpaired) electrons. The highest BCUT2D eigenvalue weighted by atomic mass is 15.0. The molecule has 2 aliphatic rings. The van der Waals surface area contributed by atoms with E-state index in [1.165, 1.54) is 110 Å². The lowest BCUT2D eigenvalue weighted by Crippen LogP contribution is -2.30. The SMILES string of the molecule is c1ccc2c(c1)-c1ccccc1-c1ccccc1C1(c3ccccc3-2)c2ccccc2-c2c1ccc1c3ccccc3n(-c3ccc(-n4c5ccccc5c5ccccc54)cc3)c21. The number of para-hydroxylation sites is 3. The van der Waals surface area contributed by atoms with E-state index in [-0.39, 0.29) is 0 Å². The first-order valence-corrected chi connectivity index (χ1v) is 21.9. The molecule has 12 aromatic rings. The lowest BCUT2D eigenvalue weighted by molar-refractivity contribution is 0.773. The van der Waals surface area contributed by atoms with Gasteiger partial charge >= 0.3 is 0 Å². The van der Waals surface area contributed by atoms with Crippen LogP contribution in [0.25, 0.3) is 99.5 Å². The van der Waals surface area contributed by atoms with Crippen molar-refractivity contribution >= 4 is 43.6 Å². The largest absolute Gasteiger partial charge is 0.309 e. The van der Waals surface area contributed by atoms with Gasteiger partial charge in [0.2, 0.25) is 0 Å². The van der Waals surface area contributed by atoms with Gasteiger partial charge in [0.05, 0.1) is 27.5 Å². The van der Waals surface area contributed by atoms with Crippen LogP contribution >= 0.6 is 0 Å². The molecule has 2 nitrogen and oxygen atoms in total. The van der Waals surface area contributed by atoms with Crippen molar-refractivity contribution in [3.05, 3.63) is 253 Å². The Balaban J connectivity index is 1.10. The Morgan fingerprint density at radius 2 is 0.587 bits per heavy atom. The summed E-state index contributed by atoms with van der Waals surface area (Å²) in [6.45, 7) is 0. The van der Waals surface area contributed by atoms with Gasteiger partial charge in [-0.05, 0) is 104 Å². The van der Waals surface area contributed by atoms with Gasteiger partial charge < -0.3 is 9.13 Å². The first-order chi connectivity index (χ1) is 31.3. The van der Waals surface area contributed by atoms with Crippen LogP contribution in [0, 0.1) is 0 Å². The Bertz CT molecular complexity index is 3720. The van der Waals surface area contributed by atoms with Crippen molar-refractivity contribution in [3.63, 3.8) is 0 Å². The smallest absolute Gasteiger partial charge is 0.0726 e. The van der Waals surface area contributed by atoms with E-state index in [4.69, 9.17) is 0 Å². The fourth-order valence-corrected chi connectivity index (χ4v) is 11.8. The summed E-state index contributed by atoms with van der Waals surface area (Å²) in [5.41, 5.74) is 21.8. The first kappa shape index (κ1) is 34.5. The summed E-state index contributed by atoms with van der Waals surface area (Å²) in [4.78, 5) is 0. The number of rotatable bonds is 2. The summed E-state index contributed by atoms with van der Waals surface area (Å²) >= 11 is 0. The number of nitrogens with zero attached hydrogens (tertiary/aromatic N) is 2. The average molecular weight is 799 g/mol. The summed E-state index contributed by atoms with van der Waals surface area (Å²) in [6.07, 6.45) is 0. The van der Waals surface area contributed by atoms with Gasteiger partial charge in [0.25, 0.3) is 0 Å². The molecule has 0 atom stereocenters. The Kier molecular flexibility index (Phi) is 7.07. The molecular formula is C61H38N2.